The van der Waals surface area contributed by atoms with E-state index in [2.05, 4.69) is 4.74 Å². The normalized spacial score (nSPS) is 11.2. The Morgan fingerprint density at radius 3 is 2.50 bits per heavy atom. The summed E-state index contributed by atoms with van der Waals surface area (Å²) in [5, 5.41) is 8.64. The Bertz CT molecular complexity index is 119. The Hall–Kier alpha value is 0.01000. The molecule has 0 amide bonds. The highest BCUT2D eigenvalue weighted by molar-refractivity contribution is 6.47. The monoisotopic (exact) mass is 186 g/mol. The Labute approximate surface area is 68.9 Å². The number of halogens is 2. The third kappa shape index (κ3) is 6.13. The van der Waals surface area contributed by atoms with Gasteiger partial charge in [0.1, 0.15) is 6.42 Å². The van der Waals surface area contributed by atoms with Gasteiger partial charge in [-0.1, -0.05) is 23.2 Å². The number of rotatable bonds is 3. The highest BCUT2D eigenvalue weighted by atomic mass is 35.5. The lowest BCUT2D eigenvalue weighted by Gasteiger charge is -2.09. The van der Waals surface area contributed by atoms with Crippen molar-refractivity contribution in [1.29, 1.82) is 0 Å². The molecule has 0 aromatic rings. The second kappa shape index (κ2) is 4.01. The predicted octanol–water partition coefficient (Wildman–Crippen LogP) is 1.06. The summed E-state index contributed by atoms with van der Waals surface area (Å²) in [5.74, 6) is -0.616. The number of aliphatic hydroxyl groups is 1. The Balaban J connectivity index is 3.58. The van der Waals surface area contributed by atoms with Crippen LogP contribution in [0.3, 0.4) is 0 Å². The second-order valence-electron chi connectivity index (χ2n) is 1.65. The van der Waals surface area contributed by atoms with Crippen molar-refractivity contribution in [3.05, 3.63) is 0 Å². The van der Waals surface area contributed by atoms with E-state index in [0.29, 0.717) is 0 Å². The van der Waals surface area contributed by atoms with Gasteiger partial charge in [0, 0.05) is 0 Å². The van der Waals surface area contributed by atoms with Crippen molar-refractivity contribution in [2.24, 2.45) is 0 Å². The highest BCUT2D eigenvalue weighted by Crippen LogP contribution is 2.20. The fraction of sp³-hybridized carbons (Fsp3) is 0.800. The van der Waals surface area contributed by atoms with Gasteiger partial charge in [-0.05, 0) is 6.92 Å². The fourth-order valence-corrected chi connectivity index (χ4v) is 0.604. The van der Waals surface area contributed by atoms with Crippen molar-refractivity contribution < 1.29 is 14.6 Å². The third-order valence-corrected chi connectivity index (χ3v) is 0.930. The second-order valence-corrected chi connectivity index (χ2v) is 3.09. The van der Waals surface area contributed by atoms with Crippen LogP contribution in [0.15, 0.2) is 0 Å². The molecule has 10 heavy (non-hydrogen) atoms. The number of alkyl halides is 2. The van der Waals surface area contributed by atoms with Crippen LogP contribution in [0.4, 0.5) is 0 Å². The van der Waals surface area contributed by atoms with E-state index in [1.807, 2.05) is 0 Å². The van der Waals surface area contributed by atoms with Crippen LogP contribution >= 0.6 is 23.2 Å². The molecule has 0 rings (SSSR count). The van der Waals surface area contributed by atoms with Crippen LogP contribution in [0.1, 0.15) is 13.3 Å². The van der Waals surface area contributed by atoms with E-state index in [9.17, 15) is 4.79 Å². The van der Waals surface area contributed by atoms with Crippen LogP contribution in [0.25, 0.3) is 0 Å². The van der Waals surface area contributed by atoms with Crippen molar-refractivity contribution in [3.63, 3.8) is 0 Å². The molecule has 0 radical (unpaired) electrons. The molecule has 0 spiro atoms. The molecule has 0 bridgehead atoms. The first-order valence-electron chi connectivity index (χ1n) is 2.71. The number of ether oxygens (including phenoxy) is 1. The number of carbonyl (C=O) groups excluding carboxylic acids is 1. The minimum Gasteiger partial charge on any atom is -0.466 e. The summed E-state index contributed by atoms with van der Waals surface area (Å²) in [7, 11) is 0. The molecule has 0 fully saturated rings. The molecule has 5 heteroatoms. The van der Waals surface area contributed by atoms with Gasteiger partial charge in [0.2, 0.25) is 4.52 Å². The maximum absolute atomic E-state index is 10.5. The molecule has 0 saturated carbocycles. The van der Waals surface area contributed by atoms with Crippen molar-refractivity contribution in [3.8, 4) is 0 Å². The van der Waals surface area contributed by atoms with Gasteiger partial charge in [0.15, 0.2) is 0 Å². The van der Waals surface area contributed by atoms with Gasteiger partial charge in [-0.3, -0.25) is 4.79 Å². The minimum atomic E-state index is -2.01. The van der Waals surface area contributed by atoms with E-state index in [0.717, 1.165) is 0 Å². The van der Waals surface area contributed by atoms with Crippen LogP contribution in [0, 0.1) is 0 Å². The average Bonchev–Trinajstić information content (AvgIpc) is 1.59. The molecule has 0 aliphatic rings. The Morgan fingerprint density at radius 2 is 2.20 bits per heavy atom. The first-order valence-corrected chi connectivity index (χ1v) is 3.47. The first-order chi connectivity index (χ1) is 4.45. The Kier molecular flexibility index (Phi) is 4.01. The molecule has 0 heterocycles. The zero-order valence-electron chi connectivity index (χ0n) is 5.43. The maximum Gasteiger partial charge on any atom is 0.311 e. The minimum absolute atomic E-state index is 0.253. The molecular formula is C5H8Cl2O3. The van der Waals surface area contributed by atoms with E-state index >= 15 is 0 Å². The van der Waals surface area contributed by atoms with Gasteiger partial charge < -0.3 is 9.84 Å². The molecule has 1 N–H and O–H groups in total. The van der Waals surface area contributed by atoms with Crippen LogP contribution in [0.5, 0.6) is 0 Å². The summed E-state index contributed by atoms with van der Waals surface area (Å²) in [5.41, 5.74) is 0. The summed E-state index contributed by atoms with van der Waals surface area (Å²) in [4.78, 5) is 10.5. The van der Waals surface area contributed by atoms with E-state index in [-0.39, 0.29) is 6.61 Å². The summed E-state index contributed by atoms with van der Waals surface area (Å²) >= 11 is 10.2. The lowest BCUT2D eigenvalue weighted by Crippen LogP contribution is -2.19. The van der Waals surface area contributed by atoms with Crippen molar-refractivity contribution in [1.82, 2.24) is 0 Å². The van der Waals surface area contributed by atoms with Gasteiger partial charge in [0.25, 0.3) is 0 Å². The van der Waals surface area contributed by atoms with Crippen LogP contribution in [0.2, 0.25) is 0 Å². The van der Waals surface area contributed by atoms with Crippen molar-refractivity contribution in [2.75, 3.05) is 6.61 Å². The number of carbonyl (C=O) groups is 1. The predicted molar refractivity (Wildman–Crippen MR) is 37.9 cm³/mol. The SMILES string of the molecule is CCOC(=O)CC(O)(Cl)Cl. The molecule has 0 saturated heterocycles. The molecule has 60 valence electrons. The van der Waals surface area contributed by atoms with Gasteiger partial charge >= 0.3 is 5.97 Å². The molecule has 0 aliphatic heterocycles. The maximum atomic E-state index is 10.5. The zero-order valence-corrected chi connectivity index (χ0v) is 6.95. The lowest BCUT2D eigenvalue weighted by molar-refractivity contribution is -0.144. The van der Waals surface area contributed by atoms with E-state index < -0.39 is 16.9 Å². The average molecular weight is 187 g/mol. The standard InChI is InChI=1S/C5H8Cl2O3/c1-2-10-4(8)3-5(6,7)9/h9H,2-3H2,1H3. The quantitative estimate of drug-likeness (QED) is 0.530. The van der Waals surface area contributed by atoms with Gasteiger partial charge in [0.05, 0.1) is 6.61 Å². The van der Waals surface area contributed by atoms with Gasteiger partial charge in [-0.15, -0.1) is 0 Å². The van der Waals surface area contributed by atoms with Crippen molar-refractivity contribution in [2.45, 2.75) is 17.9 Å². The third-order valence-electron chi connectivity index (χ3n) is 0.662. The first kappa shape index (κ1) is 10.0. The summed E-state index contributed by atoms with van der Waals surface area (Å²) in [6, 6.07) is 0. The molecule has 0 aliphatic carbocycles. The van der Waals surface area contributed by atoms with E-state index in [1.54, 1.807) is 6.92 Å². The van der Waals surface area contributed by atoms with Crippen LogP contribution in [-0.4, -0.2) is 22.2 Å². The number of esters is 1. The number of hydrogen-bond donors (Lipinski definition) is 1. The van der Waals surface area contributed by atoms with Crippen molar-refractivity contribution >= 4 is 29.2 Å². The highest BCUT2D eigenvalue weighted by Gasteiger charge is 2.24. The smallest absolute Gasteiger partial charge is 0.311 e. The molecule has 3 nitrogen and oxygen atoms in total. The molecule has 0 unspecified atom stereocenters. The van der Waals surface area contributed by atoms with E-state index in [4.69, 9.17) is 28.3 Å². The van der Waals surface area contributed by atoms with Crippen LogP contribution in [-0.2, 0) is 9.53 Å². The summed E-state index contributed by atoms with van der Waals surface area (Å²) in [6.07, 6.45) is -0.413. The zero-order chi connectivity index (χ0) is 8.20. The Morgan fingerprint density at radius 1 is 1.70 bits per heavy atom. The number of hydrogen-bond acceptors (Lipinski definition) is 3. The summed E-state index contributed by atoms with van der Waals surface area (Å²) in [6.45, 7) is 1.90. The van der Waals surface area contributed by atoms with Gasteiger partial charge in [-0.2, -0.15) is 0 Å². The molecule has 0 aromatic carbocycles. The van der Waals surface area contributed by atoms with Gasteiger partial charge in [-0.25, -0.2) is 0 Å². The largest absolute Gasteiger partial charge is 0.466 e. The van der Waals surface area contributed by atoms with E-state index in [1.165, 1.54) is 0 Å². The van der Waals surface area contributed by atoms with Crippen LogP contribution < -0.4 is 0 Å². The molecular weight excluding hydrogens is 179 g/mol. The summed E-state index contributed by atoms with van der Waals surface area (Å²) < 4.78 is 2.44. The fourth-order valence-electron chi connectivity index (χ4n) is 0.386. The molecule has 0 atom stereocenters. The molecule has 0 aromatic heterocycles. The lowest BCUT2D eigenvalue weighted by atomic mass is 10.4. The topological polar surface area (TPSA) is 46.5 Å².